The lowest BCUT2D eigenvalue weighted by molar-refractivity contribution is 0.123. The third kappa shape index (κ3) is 3.35. The van der Waals surface area contributed by atoms with Crippen molar-refractivity contribution in [2.24, 2.45) is 17.8 Å². The van der Waals surface area contributed by atoms with E-state index in [4.69, 9.17) is 0 Å². The van der Waals surface area contributed by atoms with Gasteiger partial charge in [0.15, 0.2) is 0 Å². The Kier molecular flexibility index (Phi) is 4.84. The average Bonchev–Trinajstić information content (AvgIpc) is 2.38. The lowest BCUT2D eigenvalue weighted by atomic mass is 9.70. The van der Waals surface area contributed by atoms with Crippen molar-refractivity contribution in [1.82, 2.24) is 5.32 Å². The van der Waals surface area contributed by atoms with Crippen molar-refractivity contribution in [2.45, 2.75) is 96.1 Å². The van der Waals surface area contributed by atoms with Crippen molar-refractivity contribution in [3.8, 4) is 0 Å². The Morgan fingerprint density at radius 1 is 0.737 bits per heavy atom. The van der Waals surface area contributed by atoms with Gasteiger partial charge in [-0.3, -0.25) is 0 Å². The summed E-state index contributed by atoms with van der Waals surface area (Å²) >= 11 is 0. The van der Waals surface area contributed by atoms with Crippen molar-refractivity contribution in [3.05, 3.63) is 0 Å². The molecule has 0 aromatic carbocycles. The predicted octanol–water partition coefficient (Wildman–Crippen LogP) is 4.90. The summed E-state index contributed by atoms with van der Waals surface area (Å²) in [4.78, 5) is 0. The molecule has 0 spiro atoms. The van der Waals surface area contributed by atoms with Gasteiger partial charge in [-0.2, -0.15) is 0 Å². The molecule has 1 N–H and O–H groups in total. The van der Waals surface area contributed by atoms with E-state index in [0.29, 0.717) is 0 Å². The molecule has 0 heterocycles. The minimum absolute atomic E-state index is 0.781. The molecule has 3 aliphatic rings. The zero-order valence-corrected chi connectivity index (χ0v) is 12.9. The second-order valence-corrected chi connectivity index (χ2v) is 7.60. The van der Waals surface area contributed by atoms with Gasteiger partial charge in [-0.25, -0.2) is 0 Å². The van der Waals surface area contributed by atoms with E-state index < -0.39 is 0 Å². The smallest absolute Gasteiger partial charge is 0.0101 e. The molecule has 1 nitrogen and oxygen atoms in total. The van der Waals surface area contributed by atoms with Crippen LogP contribution in [0.15, 0.2) is 0 Å². The number of hydrogen-bond acceptors (Lipinski definition) is 1. The summed E-state index contributed by atoms with van der Waals surface area (Å²) in [5.41, 5.74) is 0. The summed E-state index contributed by atoms with van der Waals surface area (Å²) in [6.07, 6.45) is 17.9. The first-order valence-electron chi connectivity index (χ1n) is 9.10. The molecular formula is C18H33N. The molecule has 3 fully saturated rings. The Balaban J connectivity index is 1.56. The molecule has 3 saturated carbocycles. The van der Waals surface area contributed by atoms with E-state index in [-0.39, 0.29) is 0 Å². The Morgan fingerprint density at radius 2 is 1.42 bits per heavy atom. The highest BCUT2D eigenvalue weighted by atomic mass is 15.0. The first-order chi connectivity index (χ1) is 9.34. The topological polar surface area (TPSA) is 12.0 Å². The molecule has 3 atom stereocenters. The van der Waals surface area contributed by atoms with Crippen molar-refractivity contribution in [2.75, 3.05) is 0 Å². The lowest BCUT2D eigenvalue weighted by Gasteiger charge is -2.43. The zero-order chi connectivity index (χ0) is 13.1. The molecule has 0 aromatic rings. The van der Waals surface area contributed by atoms with Gasteiger partial charge in [0.25, 0.3) is 0 Å². The Hall–Kier alpha value is -0.0400. The van der Waals surface area contributed by atoms with Crippen LogP contribution in [0.1, 0.15) is 84.0 Å². The molecule has 110 valence electrons. The summed E-state index contributed by atoms with van der Waals surface area (Å²) in [6, 6.07) is 1.63. The minimum atomic E-state index is 0.781. The molecule has 0 aromatic heterocycles. The molecule has 0 aliphatic heterocycles. The highest BCUT2D eigenvalue weighted by Crippen LogP contribution is 2.39. The minimum Gasteiger partial charge on any atom is -0.311 e. The van der Waals surface area contributed by atoms with Crippen LogP contribution in [0.25, 0.3) is 0 Å². The van der Waals surface area contributed by atoms with Crippen molar-refractivity contribution in [1.29, 1.82) is 0 Å². The van der Waals surface area contributed by atoms with E-state index in [1.165, 1.54) is 77.0 Å². The van der Waals surface area contributed by atoms with Crippen LogP contribution in [0.5, 0.6) is 0 Å². The summed E-state index contributed by atoms with van der Waals surface area (Å²) in [5, 5.41) is 4.07. The first-order valence-corrected chi connectivity index (χ1v) is 9.10. The number of rotatable bonds is 4. The molecule has 0 bridgehead atoms. The number of nitrogens with one attached hydrogen (secondary N) is 1. The van der Waals surface area contributed by atoms with Crippen LogP contribution in [0.4, 0.5) is 0 Å². The normalized spacial score (nSPS) is 35.8. The van der Waals surface area contributed by atoms with Gasteiger partial charge in [-0.05, 0) is 50.4 Å². The predicted molar refractivity (Wildman–Crippen MR) is 82.3 cm³/mol. The fourth-order valence-electron chi connectivity index (χ4n) is 4.91. The molecule has 1 heteroatoms. The van der Waals surface area contributed by atoms with Crippen LogP contribution < -0.4 is 5.32 Å². The van der Waals surface area contributed by atoms with Gasteiger partial charge >= 0.3 is 0 Å². The fourth-order valence-corrected chi connectivity index (χ4v) is 4.91. The Bertz CT molecular complexity index is 265. The third-order valence-electron chi connectivity index (χ3n) is 6.41. The van der Waals surface area contributed by atoms with E-state index in [0.717, 1.165) is 29.8 Å². The monoisotopic (exact) mass is 263 g/mol. The molecule has 0 amide bonds. The van der Waals surface area contributed by atoms with Crippen LogP contribution in [0, 0.1) is 17.8 Å². The van der Waals surface area contributed by atoms with Crippen molar-refractivity contribution >= 4 is 0 Å². The van der Waals surface area contributed by atoms with Crippen LogP contribution in [0.3, 0.4) is 0 Å². The van der Waals surface area contributed by atoms with E-state index >= 15 is 0 Å². The summed E-state index contributed by atoms with van der Waals surface area (Å²) in [5.74, 6) is 3.06. The van der Waals surface area contributed by atoms with E-state index in [9.17, 15) is 0 Å². The van der Waals surface area contributed by atoms with Gasteiger partial charge in [-0.15, -0.1) is 0 Å². The average molecular weight is 263 g/mol. The summed E-state index contributed by atoms with van der Waals surface area (Å²) < 4.78 is 0. The highest BCUT2D eigenvalue weighted by Gasteiger charge is 2.34. The van der Waals surface area contributed by atoms with E-state index in [1.807, 2.05) is 0 Å². The van der Waals surface area contributed by atoms with Crippen LogP contribution in [-0.4, -0.2) is 12.1 Å². The molecule has 0 radical (unpaired) electrons. The third-order valence-corrected chi connectivity index (χ3v) is 6.41. The van der Waals surface area contributed by atoms with Gasteiger partial charge in [-0.1, -0.05) is 51.4 Å². The van der Waals surface area contributed by atoms with Crippen LogP contribution >= 0.6 is 0 Å². The van der Waals surface area contributed by atoms with Gasteiger partial charge in [0.1, 0.15) is 0 Å². The van der Waals surface area contributed by atoms with Crippen molar-refractivity contribution in [3.63, 3.8) is 0 Å². The van der Waals surface area contributed by atoms with E-state index in [1.54, 1.807) is 0 Å². The lowest BCUT2D eigenvalue weighted by Crippen LogP contribution is -2.49. The maximum atomic E-state index is 4.07. The first kappa shape index (κ1) is 13.9. The number of hydrogen-bond donors (Lipinski definition) is 1. The second kappa shape index (κ2) is 6.61. The van der Waals surface area contributed by atoms with Gasteiger partial charge < -0.3 is 5.32 Å². The quantitative estimate of drug-likeness (QED) is 0.760. The van der Waals surface area contributed by atoms with Gasteiger partial charge in [0.2, 0.25) is 0 Å². The molecular weight excluding hydrogens is 230 g/mol. The summed E-state index contributed by atoms with van der Waals surface area (Å²) in [6.45, 7) is 2.45. The standard InChI is InChI=1S/C18H33N/c1-14(15-10-7-11-15)19-18-13-6-5-12-17(18)16-8-3-2-4-9-16/h14-19H,2-13H2,1H3. The summed E-state index contributed by atoms with van der Waals surface area (Å²) in [7, 11) is 0. The molecule has 19 heavy (non-hydrogen) atoms. The SMILES string of the molecule is CC(NC1CCCCC1C1CCCCC1)C1CCC1. The second-order valence-electron chi connectivity index (χ2n) is 7.60. The van der Waals surface area contributed by atoms with E-state index in [2.05, 4.69) is 12.2 Å². The fraction of sp³-hybridized carbons (Fsp3) is 1.00. The van der Waals surface area contributed by atoms with Crippen molar-refractivity contribution < 1.29 is 0 Å². The maximum absolute atomic E-state index is 4.07. The van der Waals surface area contributed by atoms with Gasteiger partial charge in [0.05, 0.1) is 0 Å². The Labute approximate surface area is 119 Å². The molecule has 3 unspecified atom stereocenters. The van der Waals surface area contributed by atoms with Gasteiger partial charge in [0, 0.05) is 12.1 Å². The highest BCUT2D eigenvalue weighted by molar-refractivity contribution is 4.90. The zero-order valence-electron chi connectivity index (χ0n) is 12.9. The molecule has 3 rings (SSSR count). The molecule has 3 aliphatic carbocycles. The largest absolute Gasteiger partial charge is 0.311 e. The van der Waals surface area contributed by atoms with Crippen LogP contribution in [-0.2, 0) is 0 Å². The maximum Gasteiger partial charge on any atom is 0.0101 e. The van der Waals surface area contributed by atoms with Crippen LogP contribution in [0.2, 0.25) is 0 Å². The Morgan fingerprint density at radius 3 is 2.11 bits per heavy atom. The molecule has 0 saturated heterocycles.